The highest BCUT2D eigenvalue weighted by Gasteiger charge is 2.02. The van der Waals surface area contributed by atoms with E-state index in [1.165, 1.54) is 11.1 Å². The second kappa shape index (κ2) is 5.29. The van der Waals surface area contributed by atoms with Gasteiger partial charge in [0.1, 0.15) is 4.64 Å². The Bertz CT molecular complexity index is 557. The van der Waals surface area contributed by atoms with Crippen molar-refractivity contribution in [3.8, 4) is 0 Å². The SMILES string of the molecule is COCc1cc(=S)n(Cc2ccccc2C)[nH]1. The Kier molecular flexibility index (Phi) is 3.76. The van der Waals surface area contributed by atoms with E-state index in [4.69, 9.17) is 17.0 Å². The fourth-order valence-electron chi connectivity index (χ4n) is 1.79. The number of rotatable bonds is 4. The molecule has 2 rings (SSSR count). The van der Waals surface area contributed by atoms with Crippen molar-refractivity contribution in [1.29, 1.82) is 0 Å². The lowest BCUT2D eigenvalue weighted by molar-refractivity contribution is 0.181. The summed E-state index contributed by atoms with van der Waals surface area (Å²) in [7, 11) is 1.68. The molecule has 0 unspecified atom stereocenters. The van der Waals surface area contributed by atoms with Gasteiger partial charge >= 0.3 is 0 Å². The van der Waals surface area contributed by atoms with E-state index in [1.807, 2.05) is 22.9 Å². The van der Waals surface area contributed by atoms with E-state index < -0.39 is 0 Å². The molecule has 0 bridgehead atoms. The molecule has 0 fully saturated rings. The zero-order valence-electron chi connectivity index (χ0n) is 10.1. The van der Waals surface area contributed by atoms with E-state index in [9.17, 15) is 0 Å². The van der Waals surface area contributed by atoms with Crippen molar-refractivity contribution in [2.45, 2.75) is 20.1 Å². The lowest BCUT2D eigenvalue weighted by Crippen LogP contribution is -2.04. The number of benzene rings is 1. The van der Waals surface area contributed by atoms with Gasteiger partial charge < -0.3 is 4.74 Å². The fourth-order valence-corrected chi connectivity index (χ4v) is 2.04. The minimum Gasteiger partial charge on any atom is -0.378 e. The summed E-state index contributed by atoms with van der Waals surface area (Å²) in [4.78, 5) is 0. The van der Waals surface area contributed by atoms with Crippen molar-refractivity contribution in [2.24, 2.45) is 0 Å². The van der Waals surface area contributed by atoms with Gasteiger partial charge in [0.05, 0.1) is 18.8 Å². The highest BCUT2D eigenvalue weighted by atomic mass is 32.1. The van der Waals surface area contributed by atoms with Crippen LogP contribution in [-0.2, 0) is 17.9 Å². The van der Waals surface area contributed by atoms with Crippen LogP contribution in [0.5, 0.6) is 0 Å². The third-order valence-corrected chi connectivity index (χ3v) is 3.07. The molecule has 90 valence electrons. The average Bonchev–Trinajstić information content (AvgIpc) is 2.63. The lowest BCUT2D eigenvalue weighted by Gasteiger charge is -2.06. The Morgan fingerprint density at radius 1 is 1.35 bits per heavy atom. The number of hydrogen-bond donors (Lipinski definition) is 1. The van der Waals surface area contributed by atoms with Crippen LogP contribution in [0.15, 0.2) is 30.3 Å². The fraction of sp³-hybridized carbons (Fsp3) is 0.308. The lowest BCUT2D eigenvalue weighted by atomic mass is 10.1. The third-order valence-electron chi connectivity index (χ3n) is 2.73. The average molecular weight is 248 g/mol. The smallest absolute Gasteiger partial charge is 0.122 e. The molecule has 2 aromatic rings. The van der Waals surface area contributed by atoms with Gasteiger partial charge in [-0.05, 0) is 24.1 Å². The number of hydrogen-bond acceptors (Lipinski definition) is 2. The minimum atomic E-state index is 0.560. The molecule has 4 heteroatoms. The topological polar surface area (TPSA) is 29.9 Å². The zero-order chi connectivity index (χ0) is 12.3. The number of aromatic nitrogens is 2. The van der Waals surface area contributed by atoms with Crippen LogP contribution in [0.1, 0.15) is 16.8 Å². The van der Waals surface area contributed by atoms with Crippen LogP contribution in [0, 0.1) is 11.6 Å². The van der Waals surface area contributed by atoms with Gasteiger partial charge in [0.2, 0.25) is 0 Å². The van der Waals surface area contributed by atoms with E-state index >= 15 is 0 Å². The largest absolute Gasteiger partial charge is 0.378 e. The molecule has 0 saturated heterocycles. The molecule has 17 heavy (non-hydrogen) atoms. The maximum atomic E-state index is 5.31. The van der Waals surface area contributed by atoms with E-state index in [0.717, 1.165) is 16.9 Å². The van der Waals surface area contributed by atoms with Gasteiger partial charge in [0.15, 0.2) is 0 Å². The summed E-state index contributed by atoms with van der Waals surface area (Å²) in [5.41, 5.74) is 3.55. The van der Waals surface area contributed by atoms with E-state index in [-0.39, 0.29) is 0 Å². The highest BCUT2D eigenvalue weighted by molar-refractivity contribution is 7.71. The predicted octanol–water partition coefficient (Wildman–Crippen LogP) is 3.05. The van der Waals surface area contributed by atoms with Gasteiger partial charge in [0.25, 0.3) is 0 Å². The van der Waals surface area contributed by atoms with Crippen LogP contribution in [0.3, 0.4) is 0 Å². The summed E-state index contributed by atoms with van der Waals surface area (Å²) in [5.74, 6) is 0. The maximum absolute atomic E-state index is 5.31. The van der Waals surface area contributed by atoms with Crippen molar-refractivity contribution < 1.29 is 4.74 Å². The minimum absolute atomic E-state index is 0.560. The maximum Gasteiger partial charge on any atom is 0.122 e. The first kappa shape index (κ1) is 12.1. The van der Waals surface area contributed by atoms with Gasteiger partial charge in [-0.2, -0.15) is 0 Å². The van der Waals surface area contributed by atoms with Gasteiger partial charge in [-0.1, -0.05) is 36.5 Å². The molecule has 1 heterocycles. The molecule has 0 spiro atoms. The molecule has 0 aliphatic heterocycles. The predicted molar refractivity (Wildman–Crippen MR) is 70.6 cm³/mol. The van der Waals surface area contributed by atoms with Crippen molar-refractivity contribution in [2.75, 3.05) is 7.11 Å². The molecule has 1 N–H and O–H groups in total. The zero-order valence-corrected chi connectivity index (χ0v) is 10.9. The molecular weight excluding hydrogens is 232 g/mol. The van der Waals surface area contributed by atoms with Crippen molar-refractivity contribution >= 4 is 12.2 Å². The molecule has 3 nitrogen and oxygen atoms in total. The number of aromatic amines is 1. The first-order valence-corrected chi connectivity index (χ1v) is 5.93. The summed E-state index contributed by atoms with van der Waals surface area (Å²) < 4.78 is 7.85. The summed E-state index contributed by atoms with van der Waals surface area (Å²) in [5, 5.41) is 3.25. The molecule has 0 saturated carbocycles. The summed E-state index contributed by atoms with van der Waals surface area (Å²) in [6.45, 7) is 3.44. The quantitative estimate of drug-likeness (QED) is 0.843. The standard InChI is InChI=1S/C13H16N2OS/c1-10-5-3-4-6-11(10)8-15-13(17)7-12(14-15)9-16-2/h3-7,14H,8-9H2,1-2H3. The molecule has 0 amide bonds. The van der Waals surface area contributed by atoms with E-state index in [2.05, 4.69) is 24.2 Å². The van der Waals surface area contributed by atoms with E-state index in [0.29, 0.717) is 6.61 Å². The second-order valence-electron chi connectivity index (χ2n) is 4.07. The van der Waals surface area contributed by atoms with Crippen molar-refractivity contribution in [3.05, 3.63) is 51.8 Å². The first-order valence-electron chi connectivity index (χ1n) is 5.53. The van der Waals surface area contributed by atoms with Crippen LogP contribution in [0.25, 0.3) is 0 Å². The first-order chi connectivity index (χ1) is 8.20. The van der Waals surface area contributed by atoms with Gasteiger partial charge in [-0.25, -0.2) is 0 Å². The Balaban J connectivity index is 2.24. The summed E-state index contributed by atoms with van der Waals surface area (Å²) in [6, 6.07) is 10.3. The molecular formula is C13H16N2OS. The van der Waals surface area contributed by atoms with Gasteiger partial charge in [-0.3, -0.25) is 9.78 Å². The normalized spacial score (nSPS) is 10.7. The Morgan fingerprint density at radius 3 is 2.82 bits per heavy atom. The molecule has 0 aliphatic carbocycles. The van der Waals surface area contributed by atoms with Crippen LogP contribution < -0.4 is 0 Å². The number of ether oxygens (including phenoxy) is 1. The van der Waals surface area contributed by atoms with Crippen LogP contribution in [0.2, 0.25) is 0 Å². The molecule has 0 radical (unpaired) electrons. The number of nitrogens with one attached hydrogen (secondary N) is 1. The number of H-pyrrole nitrogens is 1. The molecule has 0 atom stereocenters. The van der Waals surface area contributed by atoms with Gasteiger partial charge in [-0.15, -0.1) is 0 Å². The van der Waals surface area contributed by atoms with E-state index in [1.54, 1.807) is 7.11 Å². The number of methoxy groups -OCH3 is 1. The Morgan fingerprint density at radius 2 is 2.12 bits per heavy atom. The van der Waals surface area contributed by atoms with Crippen LogP contribution in [0.4, 0.5) is 0 Å². The Labute approximate surface area is 106 Å². The second-order valence-corrected chi connectivity index (χ2v) is 4.48. The van der Waals surface area contributed by atoms with Gasteiger partial charge in [0, 0.05) is 7.11 Å². The van der Waals surface area contributed by atoms with Crippen molar-refractivity contribution in [3.63, 3.8) is 0 Å². The molecule has 0 aliphatic rings. The number of nitrogens with zero attached hydrogens (tertiary/aromatic N) is 1. The third kappa shape index (κ3) is 2.84. The van der Waals surface area contributed by atoms with Crippen LogP contribution >= 0.6 is 12.2 Å². The summed E-state index contributed by atoms with van der Waals surface area (Å²) >= 11 is 5.31. The number of aryl methyl sites for hydroxylation is 1. The Hall–Kier alpha value is -1.39. The van der Waals surface area contributed by atoms with Crippen molar-refractivity contribution in [1.82, 2.24) is 9.78 Å². The molecule has 1 aromatic carbocycles. The van der Waals surface area contributed by atoms with Crippen LogP contribution in [-0.4, -0.2) is 16.9 Å². The molecule has 1 aromatic heterocycles. The highest BCUT2D eigenvalue weighted by Crippen LogP contribution is 2.10. The summed E-state index contributed by atoms with van der Waals surface area (Å²) in [6.07, 6.45) is 0. The monoisotopic (exact) mass is 248 g/mol.